The summed E-state index contributed by atoms with van der Waals surface area (Å²) in [6.45, 7) is 9.14. The molecule has 4 heterocycles. The van der Waals surface area contributed by atoms with E-state index in [0.717, 1.165) is 17.8 Å². The fourth-order valence-corrected chi connectivity index (χ4v) is 6.97. The number of rotatable bonds is 6. The zero-order chi connectivity index (χ0) is 25.3. The highest BCUT2D eigenvalue weighted by Gasteiger charge is 2.49. The highest BCUT2D eigenvalue weighted by molar-refractivity contribution is 7.89. The van der Waals surface area contributed by atoms with E-state index >= 15 is 0 Å². The van der Waals surface area contributed by atoms with Crippen molar-refractivity contribution in [2.75, 3.05) is 18.0 Å². The molecule has 2 aliphatic rings. The summed E-state index contributed by atoms with van der Waals surface area (Å²) in [6, 6.07) is 1.79. The van der Waals surface area contributed by atoms with E-state index in [9.17, 15) is 17.2 Å². The molecule has 9 nitrogen and oxygen atoms in total. The molecular formula is C21H26F2N7O2S3+. The quantitative estimate of drug-likeness (QED) is 0.478. The highest BCUT2D eigenvalue weighted by Crippen LogP contribution is 2.43. The van der Waals surface area contributed by atoms with Gasteiger partial charge in [-0.2, -0.15) is 0 Å². The molecule has 5 rings (SSSR count). The van der Waals surface area contributed by atoms with E-state index < -0.39 is 27.0 Å². The summed E-state index contributed by atoms with van der Waals surface area (Å²) in [7, 11) is -3.87. The number of imidazole rings is 1. The third-order valence-electron chi connectivity index (χ3n) is 6.93. The second-order valence-corrected chi connectivity index (χ2v) is 12.8. The SMILES string of the molecule is CC1CC1(C)NS(=O)(=O)c1cc(N2C[C@H](C)[N+](=S)[C@@H](C)C2)c2cnc(-c3nnc(C(F)F)s3)n2c1. The number of hydrogen-bond acceptors (Lipinski definition) is 8. The monoisotopic (exact) mass is 542 g/mol. The van der Waals surface area contributed by atoms with Gasteiger partial charge in [0.15, 0.2) is 27.9 Å². The Labute approximate surface area is 211 Å². The smallest absolute Gasteiger partial charge is 0.291 e. The summed E-state index contributed by atoms with van der Waals surface area (Å²) in [5.74, 6) is 0.497. The maximum absolute atomic E-state index is 13.4. The summed E-state index contributed by atoms with van der Waals surface area (Å²) >= 11 is 6.23. The number of nitrogens with zero attached hydrogens (tertiary/aromatic N) is 6. The van der Waals surface area contributed by atoms with E-state index in [-0.39, 0.29) is 33.7 Å². The van der Waals surface area contributed by atoms with E-state index in [1.54, 1.807) is 16.7 Å². The molecule has 3 aromatic rings. The van der Waals surface area contributed by atoms with Gasteiger partial charge in [-0.05, 0) is 25.3 Å². The Balaban J connectivity index is 1.66. The first-order valence-electron chi connectivity index (χ1n) is 11.3. The van der Waals surface area contributed by atoms with E-state index in [1.165, 1.54) is 6.20 Å². The van der Waals surface area contributed by atoms with Crippen molar-refractivity contribution in [2.24, 2.45) is 5.92 Å². The molecule has 1 aliphatic heterocycles. The topological polar surface area (TPSA) is 95.5 Å². The second-order valence-electron chi connectivity index (χ2n) is 9.74. The number of aromatic nitrogens is 4. The predicted molar refractivity (Wildman–Crippen MR) is 130 cm³/mol. The second kappa shape index (κ2) is 8.46. The molecule has 1 saturated carbocycles. The van der Waals surface area contributed by atoms with Crippen LogP contribution in [0.1, 0.15) is 45.5 Å². The largest absolute Gasteiger partial charge is 0.356 e. The maximum atomic E-state index is 13.4. The number of nitrogens with one attached hydrogen (secondary N) is 1. The molecule has 0 amide bonds. The van der Waals surface area contributed by atoms with Gasteiger partial charge in [0, 0.05) is 25.6 Å². The number of piperazine rings is 1. The summed E-state index contributed by atoms with van der Waals surface area (Å²) in [4.78, 5) is 6.59. The standard InChI is InChI=1S/C21H26F2N7O2S3/c1-11-6-21(11,4)27-35(31,32)14-5-15(28-8-12(2)30(33)13(3)9-28)16-7-24-18(29(16)10-14)20-26-25-19(34-20)17(22)23/h5,7,10-13,17,27H,6,8-9H2,1-4H3/q+1/t11?,12-,13-,21?/m0/s1. The molecule has 0 radical (unpaired) electrons. The fourth-order valence-electron chi connectivity index (χ4n) is 4.62. The van der Waals surface area contributed by atoms with E-state index in [0.29, 0.717) is 24.3 Å². The minimum absolute atomic E-state index is 0.0672. The molecule has 0 bridgehead atoms. The molecule has 188 valence electrons. The van der Waals surface area contributed by atoms with E-state index in [4.69, 9.17) is 12.4 Å². The normalized spacial score (nSPS) is 27.2. The van der Waals surface area contributed by atoms with Crippen molar-refractivity contribution < 1.29 is 21.1 Å². The zero-order valence-electron chi connectivity index (χ0n) is 19.6. The number of hydrogen-bond donors (Lipinski definition) is 1. The predicted octanol–water partition coefficient (Wildman–Crippen LogP) is 3.21. The third kappa shape index (κ3) is 4.34. The van der Waals surface area contributed by atoms with Gasteiger partial charge in [-0.25, -0.2) is 26.9 Å². The van der Waals surface area contributed by atoms with Crippen LogP contribution in [0.25, 0.3) is 16.3 Å². The molecule has 0 spiro atoms. The molecule has 1 saturated heterocycles. The maximum Gasteiger partial charge on any atom is 0.291 e. The summed E-state index contributed by atoms with van der Waals surface area (Å²) in [5, 5.41) is 7.22. The molecule has 35 heavy (non-hydrogen) atoms. The van der Waals surface area contributed by atoms with Crippen molar-refractivity contribution in [3.63, 3.8) is 0 Å². The Morgan fingerprint density at radius 3 is 2.49 bits per heavy atom. The van der Waals surface area contributed by atoms with Gasteiger partial charge >= 0.3 is 0 Å². The molecule has 4 atom stereocenters. The molecule has 14 heteroatoms. The molecule has 0 aromatic carbocycles. The first-order chi connectivity index (χ1) is 16.4. The average molecular weight is 543 g/mol. The van der Waals surface area contributed by atoms with Crippen LogP contribution in [0.3, 0.4) is 0 Å². The lowest BCUT2D eigenvalue weighted by atomic mass is 10.1. The van der Waals surface area contributed by atoms with Crippen LogP contribution >= 0.6 is 11.3 Å². The first kappa shape index (κ1) is 24.5. The Hall–Kier alpha value is -2.16. The van der Waals surface area contributed by atoms with Crippen LogP contribution in [0.4, 0.5) is 14.5 Å². The Morgan fingerprint density at radius 1 is 1.26 bits per heavy atom. The zero-order valence-corrected chi connectivity index (χ0v) is 22.1. The van der Waals surface area contributed by atoms with Crippen LogP contribution in [0, 0.1) is 5.92 Å². The van der Waals surface area contributed by atoms with Crippen LogP contribution in [-0.2, 0) is 22.4 Å². The van der Waals surface area contributed by atoms with Gasteiger partial charge in [0.1, 0.15) is 4.90 Å². The van der Waals surface area contributed by atoms with Gasteiger partial charge < -0.3 is 4.90 Å². The van der Waals surface area contributed by atoms with Crippen molar-refractivity contribution in [2.45, 2.75) is 63.1 Å². The van der Waals surface area contributed by atoms with Gasteiger partial charge in [-0.15, -0.1) is 14.1 Å². The summed E-state index contributed by atoms with van der Waals surface area (Å²) < 4.78 is 59.5. The van der Waals surface area contributed by atoms with Crippen LogP contribution in [0.2, 0.25) is 0 Å². The van der Waals surface area contributed by atoms with Gasteiger partial charge in [0.2, 0.25) is 10.0 Å². The fraction of sp³-hybridized carbons (Fsp3) is 0.571. The van der Waals surface area contributed by atoms with Gasteiger partial charge in [0.25, 0.3) is 18.9 Å². The molecular weight excluding hydrogens is 516 g/mol. The van der Waals surface area contributed by atoms with Crippen LogP contribution < -0.4 is 9.62 Å². The van der Waals surface area contributed by atoms with Crippen molar-refractivity contribution in [1.82, 2.24) is 24.3 Å². The van der Waals surface area contributed by atoms with Crippen LogP contribution in [0.15, 0.2) is 23.4 Å². The molecule has 2 fully saturated rings. The summed E-state index contributed by atoms with van der Waals surface area (Å²) in [6.07, 6.45) is 1.09. The lowest BCUT2D eigenvalue weighted by Gasteiger charge is -2.33. The van der Waals surface area contributed by atoms with Crippen molar-refractivity contribution in [3.05, 3.63) is 23.5 Å². The van der Waals surface area contributed by atoms with E-state index in [2.05, 4.69) is 24.8 Å². The summed E-state index contributed by atoms with van der Waals surface area (Å²) in [5.41, 5.74) is 0.839. The van der Waals surface area contributed by atoms with Crippen molar-refractivity contribution in [1.29, 1.82) is 0 Å². The minimum Gasteiger partial charge on any atom is -0.356 e. The molecule has 2 unspecified atom stereocenters. The van der Waals surface area contributed by atoms with Gasteiger partial charge in [-0.1, -0.05) is 18.3 Å². The third-order valence-corrected chi connectivity index (χ3v) is 10.2. The number of halogens is 2. The van der Waals surface area contributed by atoms with Gasteiger partial charge in [-0.3, -0.25) is 4.40 Å². The number of alkyl halides is 2. The lowest BCUT2D eigenvalue weighted by Crippen LogP contribution is -2.51. The lowest BCUT2D eigenvalue weighted by molar-refractivity contribution is -0.570. The van der Waals surface area contributed by atoms with Crippen molar-refractivity contribution >= 4 is 45.0 Å². The Bertz CT molecular complexity index is 1410. The molecule has 1 aliphatic carbocycles. The first-order valence-corrected chi connectivity index (χ1v) is 13.9. The molecule has 1 N–H and O–H groups in total. The van der Waals surface area contributed by atoms with Crippen LogP contribution in [-0.4, -0.2) is 62.7 Å². The number of pyridine rings is 1. The number of sulfonamides is 1. The Morgan fingerprint density at radius 2 is 1.91 bits per heavy atom. The average Bonchev–Trinajstić information content (AvgIpc) is 3.19. The number of anilines is 1. The van der Waals surface area contributed by atoms with Gasteiger partial charge in [0.05, 0.1) is 30.5 Å². The van der Waals surface area contributed by atoms with Crippen molar-refractivity contribution in [3.8, 4) is 10.8 Å². The highest BCUT2D eigenvalue weighted by atomic mass is 32.2. The minimum atomic E-state index is -3.87. The van der Waals surface area contributed by atoms with Crippen LogP contribution in [0.5, 0.6) is 0 Å². The Kier molecular flexibility index (Phi) is 5.93. The van der Waals surface area contributed by atoms with E-state index in [1.807, 2.05) is 31.6 Å². The number of fused-ring (bicyclic) bond motifs is 1. The molecule has 3 aromatic heterocycles.